The van der Waals surface area contributed by atoms with Gasteiger partial charge in [0.1, 0.15) is 6.61 Å². The molecule has 0 saturated heterocycles. The summed E-state index contributed by atoms with van der Waals surface area (Å²) in [7, 11) is 1.59. The molecule has 1 unspecified atom stereocenters. The molecule has 0 aliphatic carbocycles. The fourth-order valence-electron chi connectivity index (χ4n) is 1.59. The van der Waals surface area contributed by atoms with Crippen LogP contribution >= 0.6 is 0 Å². The Bertz CT molecular complexity index is 336. The second kappa shape index (κ2) is 5.51. The van der Waals surface area contributed by atoms with Crippen LogP contribution in [0.2, 0.25) is 0 Å². The van der Waals surface area contributed by atoms with E-state index in [0.29, 0.717) is 6.61 Å². The van der Waals surface area contributed by atoms with E-state index in [-0.39, 0.29) is 6.61 Å². The Balaban J connectivity index is 2.83. The Kier molecular flexibility index (Phi) is 4.31. The van der Waals surface area contributed by atoms with Crippen LogP contribution < -0.4 is 0 Å². The van der Waals surface area contributed by atoms with Gasteiger partial charge < -0.3 is 14.6 Å². The van der Waals surface area contributed by atoms with Crippen molar-refractivity contribution < 1.29 is 19.4 Å². The van der Waals surface area contributed by atoms with E-state index in [9.17, 15) is 4.79 Å². The SMILES string of the molecule is COCC(C)(COC(=O)O)c1ccccc1. The predicted molar refractivity (Wildman–Crippen MR) is 59.6 cm³/mol. The van der Waals surface area contributed by atoms with Crippen LogP contribution in [-0.4, -0.2) is 31.6 Å². The van der Waals surface area contributed by atoms with Crippen molar-refractivity contribution in [3.8, 4) is 0 Å². The molecule has 1 N–H and O–H groups in total. The van der Waals surface area contributed by atoms with Crippen molar-refractivity contribution in [1.82, 2.24) is 0 Å². The van der Waals surface area contributed by atoms with Gasteiger partial charge in [0, 0.05) is 7.11 Å². The lowest BCUT2D eigenvalue weighted by atomic mass is 9.84. The van der Waals surface area contributed by atoms with Gasteiger partial charge in [0.2, 0.25) is 0 Å². The molecule has 0 radical (unpaired) electrons. The van der Waals surface area contributed by atoms with Crippen molar-refractivity contribution in [2.24, 2.45) is 0 Å². The highest BCUT2D eigenvalue weighted by atomic mass is 16.7. The Labute approximate surface area is 94.8 Å². The Hall–Kier alpha value is -1.55. The van der Waals surface area contributed by atoms with Gasteiger partial charge in [-0.3, -0.25) is 0 Å². The summed E-state index contributed by atoms with van der Waals surface area (Å²) in [5.41, 5.74) is 0.548. The maximum atomic E-state index is 10.4. The summed E-state index contributed by atoms with van der Waals surface area (Å²) < 4.78 is 9.77. The van der Waals surface area contributed by atoms with Gasteiger partial charge in [0.05, 0.1) is 12.0 Å². The second-order valence-electron chi connectivity index (χ2n) is 3.91. The Morgan fingerprint density at radius 3 is 2.44 bits per heavy atom. The number of ether oxygens (including phenoxy) is 2. The summed E-state index contributed by atoms with van der Waals surface area (Å²) in [5.74, 6) is 0. The minimum atomic E-state index is -1.27. The second-order valence-corrected chi connectivity index (χ2v) is 3.91. The molecule has 0 spiro atoms. The lowest BCUT2D eigenvalue weighted by Crippen LogP contribution is -2.34. The largest absolute Gasteiger partial charge is 0.505 e. The number of carbonyl (C=O) groups is 1. The molecular weight excluding hydrogens is 208 g/mol. The summed E-state index contributed by atoms with van der Waals surface area (Å²) in [5, 5.41) is 8.53. The molecule has 1 aromatic carbocycles. The Morgan fingerprint density at radius 2 is 1.94 bits per heavy atom. The van der Waals surface area contributed by atoms with Gasteiger partial charge >= 0.3 is 6.16 Å². The first-order valence-corrected chi connectivity index (χ1v) is 4.99. The van der Waals surface area contributed by atoms with Crippen LogP contribution in [0.15, 0.2) is 30.3 Å². The Morgan fingerprint density at radius 1 is 1.31 bits per heavy atom. The average Bonchev–Trinajstić information content (AvgIpc) is 2.28. The van der Waals surface area contributed by atoms with Crippen LogP contribution in [0.1, 0.15) is 12.5 Å². The maximum Gasteiger partial charge on any atom is 0.505 e. The van der Waals surface area contributed by atoms with Crippen molar-refractivity contribution in [2.75, 3.05) is 20.3 Å². The summed E-state index contributed by atoms with van der Waals surface area (Å²) in [6, 6.07) is 9.59. The van der Waals surface area contributed by atoms with Crippen molar-refractivity contribution >= 4 is 6.16 Å². The van der Waals surface area contributed by atoms with Gasteiger partial charge in [-0.25, -0.2) is 4.79 Å². The van der Waals surface area contributed by atoms with Gasteiger partial charge in [-0.15, -0.1) is 0 Å². The average molecular weight is 224 g/mol. The zero-order chi connectivity index (χ0) is 12.0. The molecule has 88 valence electrons. The number of benzene rings is 1. The van der Waals surface area contributed by atoms with Crippen LogP contribution in [0, 0.1) is 0 Å². The molecule has 0 aliphatic rings. The van der Waals surface area contributed by atoms with Gasteiger partial charge in [0.25, 0.3) is 0 Å². The molecule has 4 heteroatoms. The summed E-state index contributed by atoms with van der Waals surface area (Å²) in [6.07, 6.45) is -1.27. The first-order valence-electron chi connectivity index (χ1n) is 4.99. The highest BCUT2D eigenvalue weighted by Gasteiger charge is 2.28. The van der Waals surface area contributed by atoms with Crippen LogP contribution in [0.5, 0.6) is 0 Å². The monoisotopic (exact) mass is 224 g/mol. The van der Waals surface area contributed by atoms with Gasteiger partial charge in [0.15, 0.2) is 0 Å². The van der Waals surface area contributed by atoms with Crippen molar-refractivity contribution in [2.45, 2.75) is 12.3 Å². The van der Waals surface area contributed by atoms with E-state index in [1.54, 1.807) is 7.11 Å². The lowest BCUT2D eigenvalue weighted by molar-refractivity contribution is 0.0451. The van der Waals surface area contributed by atoms with Gasteiger partial charge in [-0.2, -0.15) is 0 Å². The minimum absolute atomic E-state index is 0.0835. The van der Waals surface area contributed by atoms with Crippen molar-refractivity contribution in [3.63, 3.8) is 0 Å². The quantitative estimate of drug-likeness (QED) is 0.779. The molecular formula is C12H16O4. The van der Waals surface area contributed by atoms with E-state index in [2.05, 4.69) is 4.74 Å². The van der Waals surface area contributed by atoms with Crippen LogP contribution in [0.25, 0.3) is 0 Å². The standard InChI is InChI=1S/C12H16O4/c1-12(8-15-2,9-16-11(13)14)10-6-4-3-5-7-10/h3-7H,8-9H2,1-2H3,(H,13,14). The van der Waals surface area contributed by atoms with Crippen LogP contribution in [0.4, 0.5) is 4.79 Å². The third kappa shape index (κ3) is 3.24. The molecule has 4 nitrogen and oxygen atoms in total. The van der Waals surface area contributed by atoms with E-state index >= 15 is 0 Å². The van der Waals surface area contributed by atoms with Crippen molar-refractivity contribution in [1.29, 1.82) is 0 Å². The highest BCUT2D eigenvalue weighted by molar-refractivity contribution is 5.57. The van der Waals surface area contributed by atoms with E-state index in [1.165, 1.54) is 0 Å². The highest BCUT2D eigenvalue weighted by Crippen LogP contribution is 2.24. The van der Waals surface area contributed by atoms with Gasteiger partial charge in [-0.05, 0) is 12.5 Å². The fraction of sp³-hybridized carbons (Fsp3) is 0.417. The van der Waals surface area contributed by atoms with E-state index in [1.807, 2.05) is 37.3 Å². The summed E-state index contributed by atoms with van der Waals surface area (Å²) in [6.45, 7) is 2.40. The third-order valence-corrected chi connectivity index (χ3v) is 2.45. The first kappa shape index (κ1) is 12.5. The number of methoxy groups -OCH3 is 1. The number of hydrogen-bond acceptors (Lipinski definition) is 3. The molecule has 1 aromatic rings. The molecule has 1 rings (SSSR count). The normalized spacial score (nSPS) is 14.1. The maximum absolute atomic E-state index is 10.4. The van der Waals surface area contributed by atoms with Crippen LogP contribution in [-0.2, 0) is 14.9 Å². The van der Waals surface area contributed by atoms with E-state index in [4.69, 9.17) is 9.84 Å². The lowest BCUT2D eigenvalue weighted by Gasteiger charge is -2.28. The molecule has 0 aromatic heterocycles. The smallest absolute Gasteiger partial charge is 0.450 e. The molecule has 0 amide bonds. The fourth-order valence-corrected chi connectivity index (χ4v) is 1.59. The molecule has 0 fully saturated rings. The minimum Gasteiger partial charge on any atom is -0.450 e. The molecule has 1 atom stereocenters. The van der Waals surface area contributed by atoms with Gasteiger partial charge in [-0.1, -0.05) is 30.3 Å². The van der Waals surface area contributed by atoms with Crippen molar-refractivity contribution in [3.05, 3.63) is 35.9 Å². The van der Waals surface area contributed by atoms with E-state index in [0.717, 1.165) is 5.56 Å². The van der Waals surface area contributed by atoms with E-state index < -0.39 is 11.6 Å². The zero-order valence-corrected chi connectivity index (χ0v) is 9.47. The predicted octanol–water partition coefficient (Wildman–Crippen LogP) is 2.29. The molecule has 0 bridgehead atoms. The third-order valence-electron chi connectivity index (χ3n) is 2.45. The number of carboxylic acid groups (broad SMARTS) is 1. The molecule has 16 heavy (non-hydrogen) atoms. The first-order chi connectivity index (χ1) is 7.58. The molecule has 0 saturated carbocycles. The molecule has 0 aliphatic heterocycles. The summed E-state index contributed by atoms with van der Waals surface area (Å²) in [4.78, 5) is 10.4. The zero-order valence-electron chi connectivity index (χ0n) is 9.47. The number of rotatable bonds is 5. The topological polar surface area (TPSA) is 55.8 Å². The van der Waals surface area contributed by atoms with Crippen LogP contribution in [0.3, 0.4) is 0 Å². The summed E-state index contributed by atoms with van der Waals surface area (Å²) >= 11 is 0. The molecule has 0 heterocycles. The number of hydrogen-bond donors (Lipinski definition) is 1.